The summed E-state index contributed by atoms with van der Waals surface area (Å²) in [5.74, 6) is -1.18. The van der Waals surface area contributed by atoms with E-state index in [4.69, 9.17) is 0 Å². The molecule has 10 nitrogen and oxygen atoms in total. The van der Waals surface area contributed by atoms with Gasteiger partial charge in [0, 0.05) is 29.4 Å². The number of nitro groups is 2. The summed E-state index contributed by atoms with van der Waals surface area (Å²) in [5.41, 5.74) is -0.584. The number of amides is 2. The molecule has 0 radical (unpaired) electrons. The zero-order valence-corrected chi connectivity index (χ0v) is 14.5. The molecule has 0 aliphatic carbocycles. The first-order valence-corrected chi connectivity index (χ1v) is 7.83. The maximum absolute atomic E-state index is 12.4. The maximum Gasteiger partial charge on any atom is 0.277 e. The van der Waals surface area contributed by atoms with Crippen LogP contribution in [0.1, 0.15) is 24.2 Å². The Kier molecular flexibility index (Phi) is 5.81. The zero-order valence-electron chi connectivity index (χ0n) is 14.5. The number of hydrogen-bond acceptors (Lipinski definition) is 6. The molecule has 0 spiro atoms. The minimum atomic E-state index is -0.814. The number of benzene rings is 2. The molecular weight excluding hydrogens is 356 g/mol. The van der Waals surface area contributed by atoms with Crippen LogP contribution < -0.4 is 10.6 Å². The molecule has 0 aliphatic rings. The van der Waals surface area contributed by atoms with Crippen LogP contribution in [-0.4, -0.2) is 21.7 Å². The molecule has 0 fully saturated rings. The molecule has 0 heterocycles. The van der Waals surface area contributed by atoms with Crippen molar-refractivity contribution >= 4 is 34.6 Å². The van der Waals surface area contributed by atoms with Gasteiger partial charge in [-0.1, -0.05) is 19.9 Å². The molecule has 0 unspecified atom stereocenters. The molecule has 0 aliphatic heterocycles. The highest BCUT2D eigenvalue weighted by atomic mass is 16.6. The highest BCUT2D eigenvalue weighted by Crippen LogP contribution is 2.24. The van der Waals surface area contributed by atoms with Crippen LogP contribution in [0, 0.1) is 26.1 Å². The van der Waals surface area contributed by atoms with Crippen LogP contribution in [0.3, 0.4) is 0 Å². The van der Waals surface area contributed by atoms with Crippen molar-refractivity contribution in [2.45, 2.75) is 13.8 Å². The zero-order chi connectivity index (χ0) is 20.1. The van der Waals surface area contributed by atoms with Crippen molar-refractivity contribution in [3.63, 3.8) is 0 Å². The quantitative estimate of drug-likeness (QED) is 0.587. The van der Waals surface area contributed by atoms with Gasteiger partial charge >= 0.3 is 0 Å². The van der Waals surface area contributed by atoms with Crippen LogP contribution in [0.4, 0.5) is 22.7 Å². The van der Waals surface area contributed by atoms with Gasteiger partial charge in [-0.15, -0.1) is 0 Å². The third kappa shape index (κ3) is 5.08. The van der Waals surface area contributed by atoms with E-state index in [1.807, 2.05) is 0 Å². The second-order valence-corrected chi connectivity index (χ2v) is 5.93. The maximum atomic E-state index is 12.4. The fourth-order valence-electron chi connectivity index (χ4n) is 2.10. The van der Waals surface area contributed by atoms with Crippen molar-refractivity contribution < 1.29 is 19.4 Å². The summed E-state index contributed by atoms with van der Waals surface area (Å²) in [6.07, 6.45) is 0. The predicted molar refractivity (Wildman–Crippen MR) is 97.6 cm³/mol. The van der Waals surface area contributed by atoms with E-state index in [0.717, 1.165) is 18.2 Å². The molecular formula is C17H16N4O6. The monoisotopic (exact) mass is 372 g/mol. The van der Waals surface area contributed by atoms with Crippen molar-refractivity contribution in [3.8, 4) is 0 Å². The highest BCUT2D eigenvalue weighted by Gasteiger charge is 2.20. The Morgan fingerprint density at radius 3 is 1.89 bits per heavy atom. The third-order valence-electron chi connectivity index (χ3n) is 3.50. The van der Waals surface area contributed by atoms with Crippen LogP contribution in [0.25, 0.3) is 0 Å². The van der Waals surface area contributed by atoms with Gasteiger partial charge in [0.05, 0.1) is 21.5 Å². The lowest BCUT2D eigenvalue weighted by Gasteiger charge is -2.10. The first kappa shape index (κ1) is 19.5. The SMILES string of the molecule is CC(C)C(=O)Nc1cccc(NC(=O)c2cc([N+](=O)[O-])cc([N+](=O)[O-])c2)c1. The van der Waals surface area contributed by atoms with E-state index in [2.05, 4.69) is 10.6 Å². The molecule has 140 valence electrons. The average Bonchev–Trinajstić information content (AvgIpc) is 2.61. The minimum Gasteiger partial charge on any atom is -0.326 e. The predicted octanol–water partition coefficient (Wildman–Crippen LogP) is 3.35. The summed E-state index contributed by atoms with van der Waals surface area (Å²) < 4.78 is 0. The van der Waals surface area contributed by atoms with Gasteiger partial charge in [0.1, 0.15) is 0 Å². The summed E-state index contributed by atoms with van der Waals surface area (Å²) in [4.78, 5) is 44.3. The molecule has 2 amide bonds. The number of rotatable bonds is 6. The molecule has 0 saturated carbocycles. The molecule has 2 rings (SSSR count). The molecule has 10 heteroatoms. The standard InChI is InChI=1S/C17H16N4O6/c1-10(2)16(22)18-12-4-3-5-13(8-12)19-17(23)11-6-14(20(24)25)9-15(7-11)21(26)27/h3-10H,1-2H3,(H,18,22)(H,19,23). The van der Waals surface area contributed by atoms with Crippen LogP contribution in [0.5, 0.6) is 0 Å². The number of nitro benzene ring substituents is 2. The first-order valence-electron chi connectivity index (χ1n) is 7.83. The Labute approximate surface area is 153 Å². The summed E-state index contributed by atoms with van der Waals surface area (Å²) >= 11 is 0. The molecule has 0 saturated heterocycles. The third-order valence-corrected chi connectivity index (χ3v) is 3.50. The van der Waals surface area contributed by atoms with Gasteiger partial charge in [0.25, 0.3) is 17.3 Å². The topological polar surface area (TPSA) is 144 Å². The summed E-state index contributed by atoms with van der Waals surface area (Å²) in [6, 6.07) is 8.96. The Balaban J connectivity index is 2.26. The average molecular weight is 372 g/mol. The Hall–Kier alpha value is -3.82. The van der Waals surface area contributed by atoms with Crippen LogP contribution in [-0.2, 0) is 4.79 Å². The molecule has 2 aromatic carbocycles. The highest BCUT2D eigenvalue weighted by molar-refractivity contribution is 6.05. The van der Waals surface area contributed by atoms with Gasteiger partial charge in [-0.05, 0) is 18.2 Å². The lowest BCUT2D eigenvalue weighted by molar-refractivity contribution is -0.394. The van der Waals surface area contributed by atoms with E-state index < -0.39 is 27.1 Å². The number of carbonyl (C=O) groups is 2. The van der Waals surface area contributed by atoms with Gasteiger partial charge in [0.15, 0.2) is 0 Å². The molecule has 2 aromatic rings. The van der Waals surface area contributed by atoms with E-state index >= 15 is 0 Å². The number of hydrogen-bond donors (Lipinski definition) is 2. The molecule has 0 atom stereocenters. The summed E-state index contributed by atoms with van der Waals surface area (Å²) in [7, 11) is 0. The van der Waals surface area contributed by atoms with Crippen molar-refractivity contribution in [1.29, 1.82) is 0 Å². The lowest BCUT2D eigenvalue weighted by atomic mass is 10.1. The van der Waals surface area contributed by atoms with E-state index in [9.17, 15) is 29.8 Å². The van der Waals surface area contributed by atoms with E-state index in [1.165, 1.54) is 6.07 Å². The van der Waals surface area contributed by atoms with Crippen molar-refractivity contribution in [1.82, 2.24) is 0 Å². The fraction of sp³-hybridized carbons (Fsp3) is 0.176. The normalized spacial score (nSPS) is 10.3. The first-order chi connectivity index (χ1) is 12.7. The minimum absolute atomic E-state index is 0.201. The van der Waals surface area contributed by atoms with Gasteiger partial charge in [-0.25, -0.2) is 0 Å². The lowest BCUT2D eigenvalue weighted by Crippen LogP contribution is -2.18. The number of nitrogens with one attached hydrogen (secondary N) is 2. The van der Waals surface area contributed by atoms with Gasteiger partial charge in [-0.3, -0.25) is 29.8 Å². The van der Waals surface area contributed by atoms with E-state index in [-0.39, 0.29) is 17.4 Å². The van der Waals surface area contributed by atoms with Crippen molar-refractivity contribution in [3.05, 3.63) is 68.3 Å². The second kappa shape index (κ2) is 8.04. The van der Waals surface area contributed by atoms with Gasteiger partial charge in [-0.2, -0.15) is 0 Å². The number of anilines is 2. The van der Waals surface area contributed by atoms with Crippen LogP contribution in [0.15, 0.2) is 42.5 Å². The number of non-ortho nitro benzene ring substituents is 2. The fourth-order valence-corrected chi connectivity index (χ4v) is 2.10. The molecule has 0 bridgehead atoms. The van der Waals surface area contributed by atoms with Crippen molar-refractivity contribution in [2.75, 3.05) is 10.6 Å². The van der Waals surface area contributed by atoms with Crippen LogP contribution in [0.2, 0.25) is 0 Å². The Morgan fingerprint density at radius 2 is 1.41 bits per heavy atom. The molecule has 2 N–H and O–H groups in total. The summed E-state index contributed by atoms with van der Waals surface area (Å²) in [6.45, 7) is 3.46. The van der Waals surface area contributed by atoms with E-state index in [0.29, 0.717) is 11.4 Å². The van der Waals surface area contributed by atoms with Crippen LogP contribution >= 0.6 is 0 Å². The second-order valence-electron chi connectivity index (χ2n) is 5.93. The summed E-state index contributed by atoms with van der Waals surface area (Å²) in [5, 5.41) is 27.0. The van der Waals surface area contributed by atoms with Gasteiger partial charge < -0.3 is 10.6 Å². The molecule has 0 aromatic heterocycles. The smallest absolute Gasteiger partial charge is 0.277 e. The Bertz CT molecular complexity index is 893. The molecule has 27 heavy (non-hydrogen) atoms. The number of nitrogens with zero attached hydrogens (tertiary/aromatic N) is 2. The van der Waals surface area contributed by atoms with Crippen molar-refractivity contribution in [2.24, 2.45) is 5.92 Å². The number of carbonyl (C=O) groups excluding carboxylic acids is 2. The van der Waals surface area contributed by atoms with E-state index in [1.54, 1.807) is 32.0 Å². The Morgan fingerprint density at radius 1 is 0.889 bits per heavy atom. The van der Waals surface area contributed by atoms with Gasteiger partial charge in [0.2, 0.25) is 5.91 Å². The largest absolute Gasteiger partial charge is 0.326 e.